The lowest BCUT2D eigenvalue weighted by Gasteiger charge is -2.13. The van der Waals surface area contributed by atoms with Crippen molar-refractivity contribution in [3.8, 4) is 0 Å². The Kier molecular flexibility index (Phi) is 5.00. The maximum Gasteiger partial charge on any atom is 0.0521 e. The number of rotatable bonds is 6. The summed E-state index contributed by atoms with van der Waals surface area (Å²) in [5.41, 5.74) is 8.42. The van der Waals surface area contributed by atoms with Crippen molar-refractivity contribution in [1.29, 1.82) is 0 Å². The number of halogens is 1. The van der Waals surface area contributed by atoms with Gasteiger partial charge in [-0.15, -0.1) is 0 Å². The Labute approximate surface area is 119 Å². The standard InChI is InChI=1S/C15H20ClN3/c1-2-19-11-14(10-18-19)8-13(9-17)7-12-3-5-15(16)6-4-12/h3-6,10-11,13H,2,7-9,17H2,1H3. The Bertz CT molecular complexity index is 504. The highest BCUT2D eigenvalue weighted by Crippen LogP contribution is 2.16. The molecule has 0 radical (unpaired) electrons. The molecule has 4 heteroatoms. The number of aryl methyl sites for hydroxylation is 1. The van der Waals surface area contributed by atoms with E-state index >= 15 is 0 Å². The van der Waals surface area contributed by atoms with Crippen LogP contribution in [0.15, 0.2) is 36.7 Å². The summed E-state index contributed by atoms with van der Waals surface area (Å²) in [4.78, 5) is 0. The summed E-state index contributed by atoms with van der Waals surface area (Å²) in [5.74, 6) is 0.440. The van der Waals surface area contributed by atoms with Crippen molar-refractivity contribution >= 4 is 11.6 Å². The topological polar surface area (TPSA) is 43.8 Å². The maximum atomic E-state index is 5.89. The fraction of sp³-hybridized carbons (Fsp3) is 0.400. The number of hydrogen-bond acceptors (Lipinski definition) is 2. The van der Waals surface area contributed by atoms with Gasteiger partial charge in [-0.05, 0) is 55.5 Å². The van der Waals surface area contributed by atoms with E-state index in [1.807, 2.05) is 23.0 Å². The highest BCUT2D eigenvalue weighted by atomic mass is 35.5. The van der Waals surface area contributed by atoms with Crippen LogP contribution in [-0.2, 0) is 19.4 Å². The second-order valence-electron chi connectivity index (χ2n) is 4.84. The van der Waals surface area contributed by atoms with Gasteiger partial charge in [0.2, 0.25) is 0 Å². The molecule has 2 aromatic rings. The summed E-state index contributed by atoms with van der Waals surface area (Å²) in [5, 5.41) is 5.07. The molecule has 19 heavy (non-hydrogen) atoms. The minimum absolute atomic E-state index is 0.440. The second-order valence-corrected chi connectivity index (χ2v) is 5.28. The van der Waals surface area contributed by atoms with Gasteiger partial charge < -0.3 is 5.73 Å². The second kappa shape index (κ2) is 6.73. The Balaban J connectivity index is 1.98. The average Bonchev–Trinajstić information content (AvgIpc) is 2.88. The highest BCUT2D eigenvalue weighted by molar-refractivity contribution is 6.30. The van der Waals surface area contributed by atoms with Crippen LogP contribution in [-0.4, -0.2) is 16.3 Å². The Morgan fingerprint density at radius 2 is 1.89 bits per heavy atom. The summed E-state index contributed by atoms with van der Waals surface area (Å²) in [6.45, 7) is 3.68. The van der Waals surface area contributed by atoms with Crippen molar-refractivity contribution < 1.29 is 0 Å². The van der Waals surface area contributed by atoms with Crippen LogP contribution in [0.3, 0.4) is 0 Å². The minimum atomic E-state index is 0.440. The van der Waals surface area contributed by atoms with Crippen LogP contribution in [0.2, 0.25) is 5.02 Å². The summed E-state index contributed by atoms with van der Waals surface area (Å²) in [7, 11) is 0. The molecule has 0 bridgehead atoms. The van der Waals surface area contributed by atoms with Crippen molar-refractivity contribution in [2.75, 3.05) is 6.54 Å². The monoisotopic (exact) mass is 277 g/mol. The third-order valence-corrected chi connectivity index (χ3v) is 3.56. The van der Waals surface area contributed by atoms with Crippen LogP contribution in [0.25, 0.3) is 0 Å². The summed E-state index contributed by atoms with van der Waals surface area (Å²) in [6, 6.07) is 8.00. The quantitative estimate of drug-likeness (QED) is 0.882. The molecule has 102 valence electrons. The first kappa shape index (κ1) is 14.1. The maximum absolute atomic E-state index is 5.89. The molecule has 1 aromatic carbocycles. The fourth-order valence-electron chi connectivity index (χ4n) is 2.21. The molecule has 1 aromatic heterocycles. The fourth-order valence-corrected chi connectivity index (χ4v) is 2.34. The predicted molar refractivity (Wildman–Crippen MR) is 79.3 cm³/mol. The highest BCUT2D eigenvalue weighted by Gasteiger charge is 2.10. The molecule has 2 N–H and O–H groups in total. The molecule has 0 fully saturated rings. The van der Waals surface area contributed by atoms with Gasteiger partial charge in [-0.3, -0.25) is 4.68 Å². The van der Waals surface area contributed by atoms with Gasteiger partial charge in [-0.1, -0.05) is 23.7 Å². The van der Waals surface area contributed by atoms with Gasteiger partial charge in [0.05, 0.1) is 6.20 Å². The van der Waals surface area contributed by atoms with Crippen molar-refractivity contribution in [3.05, 3.63) is 52.8 Å². The van der Waals surface area contributed by atoms with Crippen molar-refractivity contribution in [1.82, 2.24) is 9.78 Å². The van der Waals surface area contributed by atoms with Gasteiger partial charge in [0.1, 0.15) is 0 Å². The summed E-state index contributed by atoms with van der Waals surface area (Å²) < 4.78 is 1.95. The van der Waals surface area contributed by atoms with Crippen LogP contribution < -0.4 is 5.73 Å². The molecule has 1 atom stereocenters. The average molecular weight is 278 g/mol. The minimum Gasteiger partial charge on any atom is -0.330 e. The van der Waals surface area contributed by atoms with Crippen molar-refractivity contribution in [3.63, 3.8) is 0 Å². The Hall–Kier alpha value is -1.32. The molecule has 0 saturated heterocycles. The molecule has 0 aliphatic rings. The van der Waals surface area contributed by atoms with E-state index in [9.17, 15) is 0 Å². The van der Waals surface area contributed by atoms with Gasteiger partial charge in [0.25, 0.3) is 0 Å². The lowest BCUT2D eigenvalue weighted by molar-refractivity contribution is 0.533. The smallest absolute Gasteiger partial charge is 0.0521 e. The zero-order chi connectivity index (χ0) is 13.7. The van der Waals surface area contributed by atoms with E-state index in [1.54, 1.807) is 0 Å². The van der Waals surface area contributed by atoms with Crippen LogP contribution in [0, 0.1) is 5.92 Å². The van der Waals surface area contributed by atoms with Gasteiger partial charge in [0, 0.05) is 17.8 Å². The van der Waals surface area contributed by atoms with Gasteiger partial charge in [0.15, 0.2) is 0 Å². The SMILES string of the molecule is CCn1cc(CC(CN)Cc2ccc(Cl)cc2)cn1. The van der Waals surface area contributed by atoms with E-state index in [0.29, 0.717) is 12.5 Å². The number of benzene rings is 1. The predicted octanol–water partition coefficient (Wildman–Crippen LogP) is 2.92. The molecule has 0 aliphatic carbocycles. The lowest BCUT2D eigenvalue weighted by Crippen LogP contribution is -2.19. The zero-order valence-electron chi connectivity index (χ0n) is 11.2. The Morgan fingerprint density at radius 3 is 2.47 bits per heavy atom. The van der Waals surface area contributed by atoms with Crippen molar-refractivity contribution in [2.24, 2.45) is 11.7 Å². The molecule has 0 aliphatic heterocycles. The first-order valence-corrected chi connectivity index (χ1v) is 7.05. The van der Waals surface area contributed by atoms with Gasteiger partial charge >= 0.3 is 0 Å². The molecule has 1 heterocycles. The molecular weight excluding hydrogens is 258 g/mol. The first-order chi connectivity index (χ1) is 9.21. The lowest BCUT2D eigenvalue weighted by atomic mass is 9.94. The van der Waals surface area contributed by atoms with E-state index in [1.165, 1.54) is 11.1 Å². The van der Waals surface area contributed by atoms with Gasteiger partial charge in [-0.2, -0.15) is 5.10 Å². The molecular formula is C15H20ClN3. The van der Waals surface area contributed by atoms with Crippen molar-refractivity contribution in [2.45, 2.75) is 26.3 Å². The number of aromatic nitrogens is 2. The molecule has 0 saturated carbocycles. The number of hydrogen-bond donors (Lipinski definition) is 1. The van der Waals surface area contributed by atoms with E-state index in [2.05, 4.69) is 30.4 Å². The van der Waals surface area contributed by atoms with E-state index in [-0.39, 0.29) is 0 Å². The molecule has 1 unspecified atom stereocenters. The third kappa shape index (κ3) is 4.08. The molecule has 0 spiro atoms. The van der Waals surface area contributed by atoms with Crippen LogP contribution in [0.4, 0.5) is 0 Å². The number of nitrogens with two attached hydrogens (primary N) is 1. The van der Waals surface area contributed by atoms with E-state index in [0.717, 1.165) is 24.4 Å². The normalized spacial score (nSPS) is 12.6. The largest absolute Gasteiger partial charge is 0.330 e. The first-order valence-electron chi connectivity index (χ1n) is 6.67. The van der Waals surface area contributed by atoms with Crippen LogP contribution in [0.5, 0.6) is 0 Å². The van der Waals surface area contributed by atoms with E-state index in [4.69, 9.17) is 17.3 Å². The van der Waals surface area contributed by atoms with Crippen LogP contribution >= 0.6 is 11.6 Å². The summed E-state index contributed by atoms with van der Waals surface area (Å²) in [6.07, 6.45) is 5.99. The zero-order valence-corrected chi connectivity index (χ0v) is 12.0. The summed E-state index contributed by atoms with van der Waals surface area (Å²) >= 11 is 5.89. The molecule has 3 nitrogen and oxygen atoms in total. The van der Waals surface area contributed by atoms with E-state index < -0.39 is 0 Å². The van der Waals surface area contributed by atoms with Gasteiger partial charge in [-0.25, -0.2) is 0 Å². The Morgan fingerprint density at radius 1 is 1.21 bits per heavy atom. The number of nitrogens with zero attached hydrogens (tertiary/aromatic N) is 2. The molecule has 2 rings (SSSR count). The molecule has 0 amide bonds. The third-order valence-electron chi connectivity index (χ3n) is 3.31. The van der Waals surface area contributed by atoms with Crippen LogP contribution in [0.1, 0.15) is 18.1 Å².